The number of hydrogen-bond donors (Lipinski definition) is 1. The van der Waals surface area contributed by atoms with Gasteiger partial charge in [-0.1, -0.05) is 12.1 Å². The molecule has 2 aromatic rings. The number of benzene rings is 2. The molecule has 4 nitrogen and oxygen atoms in total. The molecule has 2 rings (SSSR count). The predicted octanol–water partition coefficient (Wildman–Crippen LogP) is 3.96. The van der Waals surface area contributed by atoms with Crippen molar-refractivity contribution in [2.45, 2.75) is 0 Å². The summed E-state index contributed by atoms with van der Waals surface area (Å²) >= 11 is 2.22. The third-order valence-electron chi connectivity index (χ3n) is 2.96. The average Bonchev–Trinajstić information content (AvgIpc) is 2.54. The number of ether oxygens (including phenoxy) is 2. The molecular weight excluding hydrogens is 393 g/mol. The van der Waals surface area contributed by atoms with Crippen LogP contribution in [0.3, 0.4) is 0 Å². The van der Waals surface area contributed by atoms with E-state index in [0.717, 1.165) is 14.8 Å². The Morgan fingerprint density at radius 2 is 1.82 bits per heavy atom. The van der Waals surface area contributed by atoms with Crippen molar-refractivity contribution in [1.82, 2.24) is 0 Å². The summed E-state index contributed by atoms with van der Waals surface area (Å²) in [5.41, 5.74) is 1.53. The highest BCUT2D eigenvalue weighted by Crippen LogP contribution is 2.31. The molecule has 1 amide bonds. The smallest absolute Gasteiger partial charge is 0.248 e. The number of halogens is 1. The fraction of sp³-hybridized carbons (Fsp3) is 0.118. The molecule has 0 atom stereocenters. The average molecular weight is 409 g/mol. The number of nitrogens with one attached hydrogen (secondary N) is 1. The number of carbonyl (C=O) groups is 1. The van der Waals surface area contributed by atoms with Crippen molar-refractivity contribution >= 4 is 40.3 Å². The highest BCUT2D eigenvalue weighted by Gasteiger charge is 2.07. The van der Waals surface area contributed by atoms with Crippen LogP contribution in [0.15, 0.2) is 48.5 Å². The Morgan fingerprint density at radius 3 is 2.45 bits per heavy atom. The Labute approximate surface area is 143 Å². The van der Waals surface area contributed by atoms with Crippen molar-refractivity contribution in [3.63, 3.8) is 0 Å². The van der Waals surface area contributed by atoms with Crippen molar-refractivity contribution in [3.05, 3.63) is 57.7 Å². The highest BCUT2D eigenvalue weighted by molar-refractivity contribution is 14.1. The van der Waals surface area contributed by atoms with E-state index in [1.54, 1.807) is 20.3 Å². The predicted molar refractivity (Wildman–Crippen MR) is 96.4 cm³/mol. The molecule has 0 aromatic heterocycles. The van der Waals surface area contributed by atoms with E-state index in [0.29, 0.717) is 11.5 Å². The molecule has 0 aliphatic rings. The van der Waals surface area contributed by atoms with Gasteiger partial charge in [0.05, 0.1) is 14.2 Å². The molecule has 0 aliphatic carbocycles. The first-order valence-electron chi connectivity index (χ1n) is 6.59. The maximum Gasteiger partial charge on any atom is 0.248 e. The van der Waals surface area contributed by atoms with Crippen molar-refractivity contribution < 1.29 is 14.3 Å². The standard InChI is InChI=1S/C17H16INO3/c1-21-15-5-3-4-12(17(15)22-2)6-11-16(20)19-14-9-7-13(18)8-10-14/h3-11H,1-2H3,(H,19,20)/b11-6+. The Hall–Kier alpha value is -2.02. The zero-order chi connectivity index (χ0) is 15.9. The number of para-hydroxylation sites is 1. The first kappa shape index (κ1) is 16.4. The molecule has 22 heavy (non-hydrogen) atoms. The second kappa shape index (κ2) is 7.84. The Morgan fingerprint density at radius 1 is 1.09 bits per heavy atom. The van der Waals surface area contributed by atoms with Gasteiger partial charge in [-0.2, -0.15) is 0 Å². The summed E-state index contributed by atoms with van der Waals surface area (Å²) in [6.45, 7) is 0. The lowest BCUT2D eigenvalue weighted by Crippen LogP contribution is -2.07. The first-order valence-corrected chi connectivity index (χ1v) is 7.67. The van der Waals surface area contributed by atoms with E-state index >= 15 is 0 Å². The molecule has 0 aliphatic heterocycles. The van der Waals surface area contributed by atoms with Gasteiger partial charge in [-0.3, -0.25) is 4.79 Å². The van der Waals surface area contributed by atoms with Crippen molar-refractivity contribution in [2.75, 3.05) is 19.5 Å². The Bertz CT molecular complexity index is 681. The molecule has 0 unspecified atom stereocenters. The second-order valence-corrected chi connectivity index (χ2v) is 5.66. The maximum atomic E-state index is 12.0. The van der Waals surface area contributed by atoms with Crippen LogP contribution < -0.4 is 14.8 Å². The van der Waals surface area contributed by atoms with Gasteiger partial charge in [-0.05, 0) is 59.0 Å². The van der Waals surface area contributed by atoms with Crippen LogP contribution in [-0.4, -0.2) is 20.1 Å². The molecule has 0 spiro atoms. The number of hydrogen-bond acceptors (Lipinski definition) is 3. The number of methoxy groups -OCH3 is 2. The van der Waals surface area contributed by atoms with E-state index in [2.05, 4.69) is 27.9 Å². The van der Waals surface area contributed by atoms with Crippen molar-refractivity contribution in [1.29, 1.82) is 0 Å². The molecule has 0 saturated carbocycles. The van der Waals surface area contributed by atoms with Gasteiger partial charge in [0.15, 0.2) is 11.5 Å². The van der Waals surface area contributed by atoms with Crippen molar-refractivity contribution in [3.8, 4) is 11.5 Å². The minimum absolute atomic E-state index is 0.203. The van der Waals surface area contributed by atoms with Gasteiger partial charge >= 0.3 is 0 Å². The molecule has 0 fully saturated rings. The first-order chi connectivity index (χ1) is 10.6. The summed E-state index contributed by atoms with van der Waals surface area (Å²) < 4.78 is 11.7. The summed E-state index contributed by atoms with van der Waals surface area (Å²) in [4.78, 5) is 12.0. The summed E-state index contributed by atoms with van der Waals surface area (Å²) in [5.74, 6) is 1.03. The minimum Gasteiger partial charge on any atom is -0.493 e. The highest BCUT2D eigenvalue weighted by atomic mass is 127. The molecule has 1 N–H and O–H groups in total. The molecule has 114 valence electrons. The fourth-order valence-electron chi connectivity index (χ4n) is 1.93. The summed E-state index contributed by atoms with van der Waals surface area (Å²) in [7, 11) is 3.15. The molecule has 0 heterocycles. The minimum atomic E-state index is -0.203. The zero-order valence-electron chi connectivity index (χ0n) is 12.3. The van der Waals surface area contributed by atoms with Gasteiger partial charge in [0, 0.05) is 20.9 Å². The normalized spacial score (nSPS) is 10.5. The van der Waals surface area contributed by atoms with Crippen LogP contribution in [0.1, 0.15) is 5.56 Å². The van der Waals surface area contributed by atoms with Gasteiger partial charge < -0.3 is 14.8 Å². The zero-order valence-corrected chi connectivity index (χ0v) is 14.5. The largest absolute Gasteiger partial charge is 0.493 e. The van der Waals surface area contributed by atoms with Crippen LogP contribution in [0.2, 0.25) is 0 Å². The fourth-order valence-corrected chi connectivity index (χ4v) is 2.29. The van der Waals surface area contributed by atoms with E-state index in [4.69, 9.17) is 9.47 Å². The maximum absolute atomic E-state index is 12.0. The van der Waals surface area contributed by atoms with E-state index < -0.39 is 0 Å². The lowest BCUT2D eigenvalue weighted by molar-refractivity contribution is -0.111. The van der Waals surface area contributed by atoms with Gasteiger partial charge in [0.1, 0.15) is 0 Å². The summed E-state index contributed by atoms with van der Waals surface area (Å²) in [6.07, 6.45) is 3.17. The number of rotatable bonds is 5. The lowest BCUT2D eigenvalue weighted by atomic mass is 10.1. The van der Waals surface area contributed by atoms with E-state index in [1.807, 2.05) is 42.5 Å². The van der Waals surface area contributed by atoms with Gasteiger partial charge in [0.2, 0.25) is 5.91 Å². The van der Waals surface area contributed by atoms with E-state index in [-0.39, 0.29) is 5.91 Å². The summed E-state index contributed by atoms with van der Waals surface area (Å²) in [6, 6.07) is 13.1. The molecular formula is C17H16INO3. The Kier molecular flexibility index (Phi) is 5.83. The monoisotopic (exact) mass is 409 g/mol. The van der Waals surface area contributed by atoms with Gasteiger partial charge in [0.25, 0.3) is 0 Å². The van der Waals surface area contributed by atoms with Crippen LogP contribution >= 0.6 is 22.6 Å². The third kappa shape index (κ3) is 4.24. The topological polar surface area (TPSA) is 47.6 Å². The molecule has 5 heteroatoms. The van der Waals surface area contributed by atoms with Gasteiger partial charge in [-0.15, -0.1) is 0 Å². The second-order valence-electron chi connectivity index (χ2n) is 4.41. The quantitative estimate of drug-likeness (QED) is 0.601. The Balaban J connectivity index is 2.11. The van der Waals surface area contributed by atoms with Crippen molar-refractivity contribution in [2.24, 2.45) is 0 Å². The molecule has 0 saturated heterocycles. The number of anilines is 1. The number of carbonyl (C=O) groups excluding carboxylic acids is 1. The van der Waals surface area contributed by atoms with Crippen LogP contribution in [-0.2, 0) is 4.79 Å². The number of amides is 1. The van der Waals surface area contributed by atoms with E-state index in [1.165, 1.54) is 6.08 Å². The van der Waals surface area contributed by atoms with Crippen LogP contribution in [0, 0.1) is 3.57 Å². The lowest BCUT2D eigenvalue weighted by Gasteiger charge is -2.09. The SMILES string of the molecule is COc1cccc(/C=C/C(=O)Nc2ccc(I)cc2)c1OC. The molecule has 0 radical (unpaired) electrons. The van der Waals surface area contributed by atoms with Crippen LogP contribution in [0.4, 0.5) is 5.69 Å². The van der Waals surface area contributed by atoms with E-state index in [9.17, 15) is 4.79 Å². The van der Waals surface area contributed by atoms with Crippen LogP contribution in [0.5, 0.6) is 11.5 Å². The van der Waals surface area contributed by atoms with Crippen LogP contribution in [0.25, 0.3) is 6.08 Å². The van der Waals surface area contributed by atoms with Gasteiger partial charge in [-0.25, -0.2) is 0 Å². The molecule has 0 bridgehead atoms. The third-order valence-corrected chi connectivity index (χ3v) is 3.68. The summed E-state index contributed by atoms with van der Waals surface area (Å²) in [5, 5.41) is 2.80. The molecule has 2 aromatic carbocycles.